The Kier molecular flexibility index (Phi) is 2.44. The predicted octanol–water partition coefficient (Wildman–Crippen LogP) is 2.63. The van der Waals surface area contributed by atoms with E-state index in [-0.39, 0.29) is 0 Å². The molecule has 2 N–H and O–H groups in total. The first-order valence-electron chi connectivity index (χ1n) is 4.57. The zero-order chi connectivity index (χ0) is 9.26. The molecule has 1 fully saturated rings. The van der Waals surface area contributed by atoms with Crippen LogP contribution < -0.4 is 10.6 Å². The first-order chi connectivity index (χ1) is 6.27. The Labute approximate surface area is 86.9 Å². The molecule has 1 heterocycles. The van der Waals surface area contributed by atoms with Crippen molar-refractivity contribution in [2.75, 3.05) is 23.7 Å². The molecule has 1 saturated heterocycles. The van der Waals surface area contributed by atoms with Crippen molar-refractivity contribution in [3.05, 3.63) is 22.7 Å². The highest BCUT2D eigenvalue weighted by atomic mass is 79.9. The molecule has 0 atom stereocenters. The van der Waals surface area contributed by atoms with Gasteiger partial charge in [0.2, 0.25) is 0 Å². The first kappa shape index (κ1) is 8.88. The molecule has 2 rings (SSSR count). The second kappa shape index (κ2) is 3.58. The zero-order valence-electron chi connectivity index (χ0n) is 7.46. The number of hydrogen-bond acceptors (Lipinski definition) is 2. The summed E-state index contributed by atoms with van der Waals surface area (Å²) in [6.45, 7) is 2.28. The van der Waals surface area contributed by atoms with E-state index in [9.17, 15) is 0 Å². The molecule has 0 unspecified atom stereocenters. The molecule has 0 aliphatic carbocycles. The largest absolute Gasteiger partial charge is 0.397 e. The third-order valence-electron chi connectivity index (χ3n) is 2.44. The zero-order valence-corrected chi connectivity index (χ0v) is 9.05. The average Bonchev–Trinajstić information content (AvgIpc) is 2.61. The first-order valence-corrected chi connectivity index (χ1v) is 5.36. The fourth-order valence-electron chi connectivity index (χ4n) is 1.75. The van der Waals surface area contributed by atoms with E-state index < -0.39 is 0 Å². The van der Waals surface area contributed by atoms with Crippen LogP contribution in [0, 0.1) is 0 Å². The summed E-state index contributed by atoms with van der Waals surface area (Å²) in [5, 5.41) is 0. The van der Waals surface area contributed by atoms with Gasteiger partial charge in [-0.3, -0.25) is 0 Å². The van der Waals surface area contributed by atoms with E-state index in [1.165, 1.54) is 18.5 Å². The summed E-state index contributed by atoms with van der Waals surface area (Å²) in [6, 6.07) is 6.04. The highest BCUT2D eigenvalue weighted by Crippen LogP contribution is 2.29. The van der Waals surface area contributed by atoms with Crippen LogP contribution in [0.15, 0.2) is 22.7 Å². The molecular formula is C10H13BrN2. The number of benzene rings is 1. The molecule has 1 aliphatic heterocycles. The number of hydrogen-bond donors (Lipinski definition) is 1. The van der Waals surface area contributed by atoms with Crippen LogP contribution in [0.5, 0.6) is 0 Å². The minimum atomic E-state index is 0.880. The van der Waals surface area contributed by atoms with Crippen LogP contribution >= 0.6 is 15.9 Å². The van der Waals surface area contributed by atoms with Crippen molar-refractivity contribution in [3.8, 4) is 0 Å². The molecule has 0 bridgehead atoms. The summed E-state index contributed by atoms with van der Waals surface area (Å²) in [4.78, 5) is 2.35. The lowest BCUT2D eigenvalue weighted by molar-refractivity contribution is 0.949. The summed E-state index contributed by atoms with van der Waals surface area (Å²) in [5.74, 6) is 0. The Bertz CT molecular complexity index is 306. The van der Waals surface area contributed by atoms with Gasteiger partial charge in [-0.1, -0.05) is 15.9 Å². The lowest BCUT2D eigenvalue weighted by atomic mass is 10.2. The van der Waals surface area contributed by atoms with E-state index >= 15 is 0 Å². The Balaban J connectivity index is 2.32. The lowest BCUT2D eigenvalue weighted by Gasteiger charge is -2.19. The summed E-state index contributed by atoms with van der Waals surface area (Å²) in [7, 11) is 0. The van der Waals surface area contributed by atoms with Gasteiger partial charge in [0.25, 0.3) is 0 Å². The molecule has 0 spiro atoms. The Morgan fingerprint density at radius 1 is 1.23 bits per heavy atom. The highest BCUT2D eigenvalue weighted by molar-refractivity contribution is 9.10. The summed E-state index contributed by atoms with van der Waals surface area (Å²) >= 11 is 3.46. The van der Waals surface area contributed by atoms with Crippen LogP contribution in [0.1, 0.15) is 12.8 Å². The van der Waals surface area contributed by atoms with E-state index in [1.807, 2.05) is 12.1 Å². The Hall–Kier alpha value is -0.700. The SMILES string of the molecule is Nc1ccc(Br)cc1N1CCCC1. The number of anilines is 2. The summed E-state index contributed by atoms with van der Waals surface area (Å²) in [5.41, 5.74) is 7.96. The van der Waals surface area contributed by atoms with Crippen LogP contribution in [0.25, 0.3) is 0 Å². The molecule has 0 saturated carbocycles. The van der Waals surface area contributed by atoms with E-state index in [0.29, 0.717) is 0 Å². The molecular weight excluding hydrogens is 228 g/mol. The van der Waals surface area contributed by atoms with Gasteiger partial charge in [0.1, 0.15) is 0 Å². The second-order valence-corrected chi connectivity index (χ2v) is 4.31. The van der Waals surface area contributed by atoms with E-state index in [1.54, 1.807) is 0 Å². The third-order valence-corrected chi connectivity index (χ3v) is 2.93. The molecule has 1 aromatic carbocycles. The van der Waals surface area contributed by atoms with Crippen molar-refractivity contribution >= 4 is 27.3 Å². The minimum absolute atomic E-state index is 0.880. The molecule has 0 radical (unpaired) electrons. The van der Waals surface area contributed by atoms with Gasteiger partial charge in [0, 0.05) is 17.6 Å². The number of nitrogen functional groups attached to an aromatic ring is 1. The van der Waals surface area contributed by atoms with Crippen molar-refractivity contribution in [2.24, 2.45) is 0 Å². The maximum Gasteiger partial charge on any atom is 0.0611 e. The molecule has 70 valence electrons. The third kappa shape index (κ3) is 1.80. The number of nitrogens with two attached hydrogens (primary N) is 1. The maximum atomic E-state index is 5.91. The monoisotopic (exact) mass is 240 g/mol. The van der Waals surface area contributed by atoms with E-state index in [0.717, 1.165) is 23.2 Å². The van der Waals surface area contributed by atoms with E-state index in [4.69, 9.17) is 5.73 Å². The molecule has 2 nitrogen and oxygen atoms in total. The Morgan fingerprint density at radius 2 is 1.92 bits per heavy atom. The minimum Gasteiger partial charge on any atom is -0.397 e. The molecule has 13 heavy (non-hydrogen) atoms. The maximum absolute atomic E-state index is 5.91. The average molecular weight is 241 g/mol. The van der Waals surface area contributed by atoms with Crippen molar-refractivity contribution < 1.29 is 0 Å². The highest BCUT2D eigenvalue weighted by Gasteiger charge is 2.14. The fraction of sp³-hybridized carbons (Fsp3) is 0.400. The van der Waals surface area contributed by atoms with Gasteiger partial charge in [0.05, 0.1) is 11.4 Å². The van der Waals surface area contributed by atoms with Crippen molar-refractivity contribution in [1.82, 2.24) is 0 Å². The summed E-state index contributed by atoms with van der Waals surface area (Å²) < 4.78 is 1.10. The quantitative estimate of drug-likeness (QED) is 0.766. The van der Waals surface area contributed by atoms with Gasteiger partial charge < -0.3 is 10.6 Å². The van der Waals surface area contributed by atoms with Crippen LogP contribution in [0.2, 0.25) is 0 Å². The predicted molar refractivity (Wildman–Crippen MR) is 60.0 cm³/mol. The lowest BCUT2D eigenvalue weighted by Crippen LogP contribution is -2.18. The fourth-order valence-corrected chi connectivity index (χ4v) is 2.10. The molecule has 0 aromatic heterocycles. The molecule has 1 aliphatic rings. The smallest absolute Gasteiger partial charge is 0.0611 e. The number of nitrogens with zero attached hydrogens (tertiary/aromatic N) is 1. The van der Waals surface area contributed by atoms with Gasteiger partial charge >= 0.3 is 0 Å². The van der Waals surface area contributed by atoms with Crippen LogP contribution in [-0.2, 0) is 0 Å². The van der Waals surface area contributed by atoms with Crippen LogP contribution in [-0.4, -0.2) is 13.1 Å². The van der Waals surface area contributed by atoms with Gasteiger partial charge in [-0.25, -0.2) is 0 Å². The van der Waals surface area contributed by atoms with Crippen LogP contribution in [0.3, 0.4) is 0 Å². The van der Waals surface area contributed by atoms with Crippen molar-refractivity contribution in [2.45, 2.75) is 12.8 Å². The standard InChI is InChI=1S/C10H13BrN2/c11-8-3-4-9(12)10(7-8)13-5-1-2-6-13/h3-4,7H,1-2,5-6,12H2. The van der Waals surface area contributed by atoms with Crippen LogP contribution in [0.4, 0.5) is 11.4 Å². The van der Waals surface area contributed by atoms with Gasteiger partial charge in [-0.2, -0.15) is 0 Å². The van der Waals surface area contributed by atoms with E-state index in [2.05, 4.69) is 26.9 Å². The Morgan fingerprint density at radius 3 is 2.62 bits per heavy atom. The molecule has 0 amide bonds. The van der Waals surface area contributed by atoms with Gasteiger partial charge in [-0.05, 0) is 31.0 Å². The molecule has 3 heteroatoms. The molecule has 1 aromatic rings. The van der Waals surface area contributed by atoms with Gasteiger partial charge in [0.15, 0.2) is 0 Å². The topological polar surface area (TPSA) is 29.3 Å². The van der Waals surface area contributed by atoms with Crippen molar-refractivity contribution in [3.63, 3.8) is 0 Å². The summed E-state index contributed by atoms with van der Waals surface area (Å²) in [6.07, 6.45) is 2.57. The number of rotatable bonds is 1. The normalized spacial score (nSPS) is 16.5. The number of halogens is 1. The second-order valence-electron chi connectivity index (χ2n) is 3.40. The van der Waals surface area contributed by atoms with Gasteiger partial charge in [-0.15, -0.1) is 0 Å². The van der Waals surface area contributed by atoms with Crippen molar-refractivity contribution in [1.29, 1.82) is 0 Å².